The zero-order valence-electron chi connectivity index (χ0n) is 15.1. The van der Waals surface area contributed by atoms with Crippen LogP contribution in [0.4, 0.5) is 13.2 Å². The normalized spacial score (nSPS) is 15.6. The third-order valence-corrected chi connectivity index (χ3v) is 4.81. The molecular weight excluding hydrogens is 357 g/mol. The zero-order valence-corrected chi connectivity index (χ0v) is 15.1. The highest BCUT2D eigenvalue weighted by molar-refractivity contribution is 5.94. The molecule has 1 aliphatic rings. The van der Waals surface area contributed by atoms with E-state index in [1.54, 1.807) is 31.4 Å². The number of carbonyl (C=O) groups excluding carboxylic acids is 1. The Labute approximate surface area is 156 Å². The van der Waals surface area contributed by atoms with Gasteiger partial charge in [0.05, 0.1) is 38.9 Å². The molecular formula is C20H22F3N2O2+. The highest BCUT2D eigenvalue weighted by atomic mass is 19.4. The molecule has 1 fully saturated rings. The number of nitrogens with one attached hydrogen (secondary N) is 1. The summed E-state index contributed by atoms with van der Waals surface area (Å²) >= 11 is 0. The molecule has 0 spiro atoms. The van der Waals surface area contributed by atoms with Crippen molar-refractivity contribution in [3.05, 3.63) is 65.2 Å². The molecule has 1 N–H and O–H groups in total. The van der Waals surface area contributed by atoms with Crippen LogP contribution in [0.15, 0.2) is 48.5 Å². The Kier molecular flexibility index (Phi) is 5.70. The van der Waals surface area contributed by atoms with Crippen LogP contribution >= 0.6 is 0 Å². The van der Waals surface area contributed by atoms with Gasteiger partial charge in [-0.15, -0.1) is 0 Å². The fourth-order valence-electron chi connectivity index (χ4n) is 3.24. The Morgan fingerprint density at radius 1 is 1.11 bits per heavy atom. The summed E-state index contributed by atoms with van der Waals surface area (Å²) in [6.07, 6.45) is -4.31. The van der Waals surface area contributed by atoms with Crippen LogP contribution in [0.5, 0.6) is 5.75 Å². The van der Waals surface area contributed by atoms with Crippen molar-refractivity contribution in [2.24, 2.45) is 0 Å². The molecule has 1 aliphatic heterocycles. The van der Waals surface area contributed by atoms with E-state index in [-0.39, 0.29) is 5.91 Å². The average molecular weight is 379 g/mol. The lowest BCUT2D eigenvalue weighted by atomic mass is 10.1. The number of benzene rings is 2. The summed E-state index contributed by atoms with van der Waals surface area (Å²) in [7, 11) is 1.56. The number of methoxy groups -OCH3 is 1. The van der Waals surface area contributed by atoms with Gasteiger partial charge >= 0.3 is 6.18 Å². The molecule has 7 heteroatoms. The van der Waals surface area contributed by atoms with Gasteiger partial charge in [-0.3, -0.25) is 4.79 Å². The summed E-state index contributed by atoms with van der Waals surface area (Å²) in [5, 5.41) is 0. The lowest BCUT2D eigenvalue weighted by Gasteiger charge is -2.32. The quantitative estimate of drug-likeness (QED) is 0.884. The number of amides is 1. The Morgan fingerprint density at radius 3 is 2.37 bits per heavy atom. The maximum absolute atomic E-state index is 12.6. The fourth-order valence-corrected chi connectivity index (χ4v) is 3.24. The number of nitrogens with zero attached hydrogens (tertiary/aromatic N) is 1. The molecule has 0 atom stereocenters. The third kappa shape index (κ3) is 4.80. The molecule has 0 saturated carbocycles. The predicted octanol–water partition coefficient (Wildman–Crippen LogP) is 2.25. The van der Waals surface area contributed by atoms with Gasteiger partial charge in [-0.05, 0) is 30.3 Å². The number of hydrogen-bond donors (Lipinski definition) is 1. The highest BCUT2D eigenvalue weighted by Crippen LogP contribution is 2.29. The molecule has 4 nitrogen and oxygen atoms in total. The molecule has 0 unspecified atom stereocenters. The fraction of sp³-hybridized carbons (Fsp3) is 0.350. The summed E-state index contributed by atoms with van der Waals surface area (Å²) in [4.78, 5) is 15.7. The average Bonchev–Trinajstić information content (AvgIpc) is 2.68. The molecule has 144 valence electrons. The van der Waals surface area contributed by atoms with Crippen LogP contribution in [0.1, 0.15) is 21.5 Å². The van der Waals surface area contributed by atoms with Crippen molar-refractivity contribution in [1.82, 2.24) is 4.90 Å². The first-order valence-corrected chi connectivity index (χ1v) is 8.80. The van der Waals surface area contributed by atoms with Gasteiger partial charge in [-0.1, -0.05) is 18.2 Å². The predicted molar refractivity (Wildman–Crippen MR) is 94.7 cm³/mol. The molecule has 3 rings (SSSR count). The van der Waals surface area contributed by atoms with Crippen LogP contribution in [0.2, 0.25) is 0 Å². The summed E-state index contributed by atoms with van der Waals surface area (Å²) in [5.74, 6) is 0.620. The molecule has 0 aromatic heterocycles. The molecule has 2 aromatic rings. The Hall–Kier alpha value is -2.54. The number of alkyl halides is 3. The van der Waals surface area contributed by atoms with Gasteiger partial charge in [0.1, 0.15) is 12.3 Å². The van der Waals surface area contributed by atoms with Gasteiger partial charge in [0, 0.05) is 11.1 Å². The Morgan fingerprint density at radius 2 is 1.78 bits per heavy atom. The summed E-state index contributed by atoms with van der Waals surface area (Å²) in [5.41, 5.74) is 0.834. The van der Waals surface area contributed by atoms with Crippen LogP contribution in [-0.4, -0.2) is 44.1 Å². The minimum absolute atomic E-state index is 0.0255. The Balaban J connectivity index is 1.55. The van der Waals surface area contributed by atoms with Crippen LogP contribution in [0, 0.1) is 0 Å². The molecule has 27 heavy (non-hydrogen) atoms. The van der Waals surface area contributed by atoms with Crippen molar-refractivity contribution >= 4 is 5.91 Å². The third-order valence-electron chi connectivity index (χ3n) is 4.81. The van der Waals surface area contributed by atoms with Crippen molar-refractivity contribution in [3.8, 4) is 5.75 Å². The van der Waals surface area contributed by atoms with E-state index in [1.807, 2.05) is 4.90 Å². The number of halogens is 3. The van der Waals surface area contributed by atoms with E-state index < -0.39 is 11.7 Å². The standard InChI is InChI=1S/C20H21F3N2O2/c1-27-18-4-2-3-16(13-18)19(26)25-11-9-24(10-12-25)14-15-5-7-17(8-6-15)20(21,22)23/h2-8,13H,9-12,14H2,1H3/p+1. The van der Waals surface area contributed by atoms with E-state index in [4.69, 9.17) is 4.74 Å². The van der Waals surface area contributed by atoms with Gasteiger partial charge in [0.15, 0.2) is 0 Å². The molecule has 2 aromatic carbocycles. The first-order valence-electron chi connectivity index (χ1n) is 8.80. The minimum Gasteiger partial charge on any atom is -0.497 e. The SMILES string of the molecule is COc1cccc(C(=O)N2CC[NH+](Cc3ccc(C(F)(F)F)cc3)CC2)c1. The molecule has 0 aliphatic carbocycles. The first kappa shape index (κ1) is 19.2. The second-order valence-electron chi connectivity index (χ2n) is 6.65. The van der Waals surface area contributed by atoms with E-state index in [9.17, 15) is 18.0 Å². The van der Waals surface area contributed by atoms with Crippen molar-refractivity contribution in [2.75, 3.05) is 33.3 Å². The van der Waals surface area contributed by atoms with Crippen molar-refractivity contribution in [1.29, 1.82) is 0 Å². The zero-order chi connectivity index (χ0) is 19.4. The van der Waals surface area contributed by atoms with Gasteiger partial charge in [-0.2, -0.15) is 13.2 Å². The Bertz CT molecular complexity index is 783. The number of carbonyl (C=O) groups is 1. The number of piperazine rings is 1. The maximum atomic E-state index is 12.6. The molecule has 0 radical (unpaired) electrons. The van der Waals surface area contributed by atoms with E-state index in [0.29, 0.717) is 30.9 Å². The van der Waals surface area contributed by atoms with Crippen molar-refractivity contribution in [2.45, 2.75) is 12.7 Å². The smallest absolute Gasteiger partial charge is 0.416 e. The number of rotatable bonds is 4. The van der Waals surface area contributed by atoms with E-state index in [2.05, 4.69) is 0 Å². The monoisotopic (exact) mass is 379 g/mol. The number of quaternary nitrogens is 1. The van der Waals surface area contributed by atoms with Crippen LogP contribution in [0.3, 0.4) is 0 Å². The van der Waals surface area contributed by atoms with Crippen molar-refractivity contribution < 1.29 is 27.6 Å². The molecule has 1 heterocycles. The van der Waals surface area contributed by atoms with E-state index in [0.717, 1.165) is 30.8 Å². The summed E-state index contributed by atoms with van der Waals surface area (Å²) < 4.78 is 43.1. The molecule has 0 bridgehead atoms. The highest BCUT2D eigenvalue weighted by Gasteiger charge is 2.30. The largest absolute Gasteiger partial charge is 0.497 e. The lowest BCUT2D eigenvalue weighted by molar-refractivity contribution is -0.917. The van der Waals surface area contributed by atoms with Crippen LogP contribution in [0.25, 0.3) is 0 Å². The summed E-state index contributed by atoms with van der Waals surface area (Å²) in [6.45, 7) is 3.41. The molecule has 1 saturated heterocycles. The number of hydrogen-bond acceptors (Lipinski definition) is 2. The van der Waals surface area contributed by atoms with E-state index >= 15 is 0 Å². The minimum atomic E-state index is -4.31. The summed E-state index contributed by atoms with van der Waals surface area (Å²) in [6, 6.07) is 12.4. The number of ether oxygens (including phenoxy) is 1. The van der Waals surface area contributed by atoms with E-state index in [1.165, 1.54) is 17.0 Å². The second-order valence-corrected chi connectivity index (χ2v) is 6.65. The van der Waals surface area contributed by atoms with Gasteiger partial charge < -0.3 is 14.5 Å². The van der Waals surface area contributed by atoms with Gasteiger partial charge in [0.2, 0.25) is 0 Å². The van der Waals surface area contributed by atoms with Gasteiger partial charge in [-0.25, -0.2) is 0 Å². The van der Waals surface area contributed by atoms with Crippen LogP contribution in [-0.2, 0) is 12.7 Å². The van der Waals surface area contributed by atoms with Crippen LogP contribution < -0.4 is 9.64 Å². The second kappa shape index (κ2) is 8.00. The van der Waals surface area contributed by atoms with Gasteiger partial charge in [0.25, 0.3) is 5.91 Å². The van der Waals surface area contributed by atoms with Crippen molar-refractivity contribution in [3.63, 3.8) is 0 Å². The topological polar surface area (TPSA) is 34.0 Å². The maximum Gasteiger partial charge on any atom is 0.416 e. The lowest BCUT2D eigenvalue weighted by Crippen LogP contribution is -3.13. The molecule has 1 amide bonds. The first-order chi connectivity index (χ1) is 12.9.